The van der Waals surface area contributed by atoms with Gasteiger partial charge in [0.25, 0.3) is 5.91 Å². The molecule has 148 valence electrons. The first kappa shape index (κ1) is 18.9. The molecule has 0 spiro atoms. The number of anilines is 1. The van der Waals surface area contributed by atoms with Gasteiger partial charge in [-0.1, -0.05) is 36.4 Å². The highest BCUT2D eigenvalue weighted by Crippen LogP contribution is 2.20. The molecule has 3 aromatic rings. The number of aromatic nitrogens is 2. The third-order valence-electron chi connectivity index (χ3n) is 5.10. The lowest BCUT2D eigenvalue weighted by molar-refractivity contribution is 0.0728. The normalized spacial score (nSPS) is 13.0. The highest BCUT2D eigenvalue weighted by atomic mass is 16.5. The minimum Gasteiger partial charge on any atom is -0.497 e. The second kappa shape index (κ2) is 8.31. The third kappa shape index (κ3) is 4.37. The fraction of sp³-hybridized carbons (Fsp3) is 0.261. The second-order valence-corrected chi connectivity index (χ2v) is 7.17. The minimum atomic E-state index is -0.0579. The molecule has 29 heavy (non-hydrogen) atoms. The van der Waals surface area contributed by atoms with Gasteiger partial charge in [-0.3, -0.25) is 4.79 Å². The molecule has 0 saturated heterocycles. The third-order valence-corrected chi connectivity index (χ3v) is 5.10. The van der Waals surface area contributed by atoms with Gasteiger partial charge >= 0.3 is 0 Å². The maximum Gasteiger partial charge on any atom is 0.272 e. The highest BCUT2D eigenvalue weighted by molar-refractivity contribution is 5.92. The number of amides is 1. The van der Waals surface area contributed by atoms with E-state index >= 15 is 0 Å². The SMILES string of the molecule is COc1ccc(CNc2nc(C)cc(C(=O)N3CCc4ccccc4C3)n2)cc1. The van der Waals surface area contributed by atoms with E-state index in [0.717, 1.165) is 23.4 Å². The smallest absolute Gasteiger partial charge is 0.272 e. The molecule has 0 unspecified atom stereocenters. The molecule has 1 aromatic heterocycles. The van der Waals surface area contributed by atoms with Gasteiger partial charge in [-0.05, 0) is 48.2 Å². The van der Waals surface area contributed by atoms with Crippen LogP contribution in [0.1, 0.15) is 32.9 Å². The van der Waals surface area contributed by atoms with Crippen molar-refractivity contribution in [3.63, 3.8) is 0 Å². The summed E-state index contributed by atoms with van der Waals surface area (Å²) in [4.78, 5) is 23.8. The second-order valence-electron chi connectivity index (χ2n) is 7.17. The molecule has 4 rings (SSSR count). The molecule has 0 bridgehead atoms. The fourth-order valence-corrected chi connectivity index (χ4v) is 3.51. The summed E-state index contributed by atoms with van der Waals surface area (Å²) in [6.45, 7) is 3.76. The van der Waals surface area contributed by atoms with Crippen molar-refractivity contribution < 1.29 is 9.53 Å². The van der Waals surface area contributed by atoms with Crippen LogP contribution in [-0.2, 0) is 19.5 Å². The molecule has 0 aliphatic carbocycles. The van der Waals surface area contributed by atoms with Crippen LogP contribution in [0.15, 0.2) is 54.6 Å². The lowest BCUT2D eigenvalue weighted by atomic mass is 10.00. The van der Waals surface area contributed by atoms with Crippen molar-refractivity contribution in [2.75, 3.05) is 19.0 Å². The number of hydrogen-bond acceptors (Lipinski definition) is 5. The van der Waals surface area contributed by atoms with Crippen LogP contribution in [0.25, 0.3) is 0 Å². The Bertz CT molecular complexity index is 1020. The van der Waals surface area contributed by atoms with Crippen molar-refractivity contribution in [1.82, 2.24) is 14.9 Å². The molecular weight excluding hydrogens is 364 g/mol. The van der Waals surface area contributed by atoms with Gasteiger partial charge in [-0.2, -0.15) is 0 Å². The van der Waals surface area contributed by atoms with Gasteiger partial charge in [-0.25, -0.2) is 9.97 Å². The van der Waals surface area contributed by atoms with Crippen LogP contribution >= 0.6 is 0 Å². The lowest BCUT2D eigenvalue weighted by Crippen LogP contribution is -2.36. The maximum atomic E-state index is 13.1. The van der Waals surface area contributed by atoms with Crippen LogP contribution in [0.2, 0.25) is 0 Å². The number of benzene rings is 2. The number of aryl methyl sites for hydroxylation is 1. The van der Waals surface area contributed by atoms with Gasteiger partial charge in [0.05, 0.1) is 7.11 Å². The zero-order valence-electron chi connectivity index (χ0n) is 16.7. The maximum absolute atomic E-state index is 13.1. The Morgan fingerprint density at radius 1 is 1.10 bits per heavy atom. The first-order chi connectivity index (χ1) is 14.1. The molecule has 0 saturated carbocycles. The standard InChI is InChI=1S/C23H24N4O2/c1-16-13-21(22(28)27-12-11-18-5-3-4-6-19(18)15-27)26-23(25-16)24-14-17-7-9-20(29-2)10-8-17/h3-10,13H,11-12,14-15H2,1-2H3,(H,24,25,26). The number of rotatable bonds is 5. The zero-order valence-corrected chi connectivity index (χ0v) is 16.7. The van der Waals surface area contributed by atoms with Gasteiger partial charge in [0.1, 0.15) is 11.4 Å². The summed E-state index contributed by atoms with van der Waals surface area (Å²) in [5, 5.41) is 3.22. The molecule has 1 aliphatic heterocycles. The molecule has 2 heterocycles. The van der Waals surface area contributed by atoms with Gasteiger partial charge in [0.15, 0.2) is 0 Å². The number of carbonyl (C=O) groups is 1. The largest absolute Gasteiger partial charge is 0.497 e. The first-order valence-corrected chi connectivity index (χ1v) is 9.71. The number of methoxy groups -OCH3 is 1. The van der Waals surface area contributed by atoms with Crippen molar-refractivity contribution in [2.24, 2.45) is 0 Å². The quantitative estimate of drug-likeness (QED) is 0.723. The fourth-order valence-electron chi connectivity index (χ4n) is 3.51. The van der Waals surface area contributed by atoms with Crippen molar-refractivity contribution in [2.45, 2.75) is 26.4 Å². The minimum absolute atomic E-state index is 0.0579. The van der Waals surface area contributed by atoms with E-state index in [1.54, 1.807) is 13.2 Å². The van der Waals surface area contributed by atoms with Crippen LogP contribution < -0.4 is 10.1 Å². The lowest BCUT2D eigenvalue weighted by Gasteiger charge is -2.28. The van der Waals surface area contributed by atoms with E-state index in [1.807, 2.05) is 48.2 Å². The Hall–Kier alpha value is -3.41. The van der Waals surface area contributed by atoms with Gasteiger partial charge in [0.2, 0.25) is 5.95 Å². The molecule has 0 fully saturated rings. The van der Waals surface area contributed by atoms with Crippen molar-refractivity contribution in [3.8, 4) is 5.75 Å². The molecule has 0 radical (unpaired) electrons. The van der Waals surface area contributed by atoms with E-state index < -0.39 is 0 Å². The van der Waals surface area contributed by atoms with E-state index in [9.17, 15) is 4.79 Å². The van der Waals surface area contributed by atoms with Crippen LogP contribution in [0.4, 0.5) is 5.95 Å². The van der Waals surface area contributed by atoms with E-state index in [4.69, 9.17) is 4.74 Å². The summed E-state index contributed by atoms with van der Waals surface area (Å²) in [6.07, 6.45) is 0.870. The monoisotopic (exact) mass is 388 g/mol. The average Bonchev–Trinajstić information content (AvgIpc) is 2.77. The van der Waals surface area contributed by atoms with Gasteiger partial charge in [0, 0.05) is 25.3 Å². The van der Waals surface area contributed by atoms with Crippen molar-refractivity contribution in [3.05, 3.63) is 82.7 Å². The van der Waals surface area contributed by atoms with Crippen molar-refractivity contribution >= 4 is 11.9 Å². The van der Waals surface area contributed by atoms with E-state index in [0.29, 0.717) is 31.3 Å². The number of nitrogens with one attached hydrogen (secondary N) is 1. The van der Waals surface area contributed by atoms with Crippen LogP contribution in [0, 0.1) is 6.92 Å². The zero-order chi connectivity index (χ0) is 20.2. The molecule has 1 N–H and O–H groups in total. The first-order valence-electron chi connectivity index (χ1n) is 9.71. The molecule has 2 aromatic carbocycles. The number of hydrogen-bond donors (Lipinski definition) is 1. The Morgan fingerprint density at radius 2 is 1.86 bits per heavy atom. The van der Waals surface area contributed by atoms with E-state index in [-0.39, 0.29) is 5.91 Å². The summed E-state index contributed by atoms with van der Waals surface area (Å²) in [7, 11) is 1.65. The van der Waals surface area contributed by atoms with E-state index in [1.165, 1.54) is 11.1 Å². The molecule has 6 heteroatoms. The summed E-state index contributed by atoms with van der Waals surface area (Å²) in [5.41, 5.74) is 4.79. The van der Waals surface area contributed by atoms with Crippen LogP contribution in [0.5, 0.6) is 5.75 Å². The average molecular weight is 388 g/mol. The summed E-state index contributed by atoms with van der Waals surface area (Å²) in [5.74, 6) is 1.22. The Morgan fingerprint density at radius 3 is 2.62 bits per heavy atom. The Balaban J connectivity index is 1.47. The number of fused-ring (bicyclic) bond motifs is 1. The number of ether oxygens (including phenoxy) is 1. The summed E-state index contributed by atoms with van der Waals surface area (Å²) in [6, 6.07) is 17.8. The number of nitrogens with zero attached hydrogens (tertiary/aromatic N) is 3. The molecule has 6 nitrogen and oxygen atoms in total. The summed E-state index contributed by atoms with van der Waals surface area (Å²) < 4.78 is 5.18. The van der Waals surface area contributed by atoms with Crippen LogP contribution in [-0.4, -0.2) is 34.4 Å². The predicted octanol–water partition coefficient (Wildman–Crippen LogP) is 3.60. The van der Waals surface area contributed by atoms with Gasteiger partial charge in [-0.15, -0.1) is 0 Å². The molecule has 1 amide bonds. The number of carbonyl (C=O) groups excluding carboxylic acids is 1. The van der Waals surface area contributed by atoms with Gasteiger partial charge < -0.3 is 15.0 Å². The Labute approximate surface area is 170 Å². The Kier molecular flexibility index (Phi) is 5.42. The van der Waals surface area contributed by atoms with Crippen molar-refractivity contribution in [1.29, 1.82) is 0 Å². The predicted molar refractivity (Wildman–Crippen MR) is 112 cm³/mol. The molecular formula is C23H24N4O2. The summed E-state index contributed by atoms with van der Waals surface area (Å²) >= 11 is 0. The topological polar surface area (TPSA) is 67.3 Å². The highest BCUT2D eigenvalue weighted by Gasteiger charge is 2.23. The van der Waals surface area contributed by atoms with E-state index in [2.05, 4.69) is 27.4 Å². The van der Waals surface area contributed by atoms with Crippen LogP contribution in [0.3, 0.4) is 0 Å². The molecule has 1 aliphatic rings. The molecule has 0 atom stereocenters.